The number of benzene rings is 1. The molecule has 0 atom stereocenters. The van der Waals surface area contributed by atoms with E-state index in [1.807, 2.05) is 16.8 Å². The molecule has 1 aromatic heterocycles. The molecule has 0 bridgehead atoms. The number of thiophene rings is 1. The van der Waals surface area contributed by atoms with E-state index in [0.717, 1.165) is 5.56 Å². The molecule has 2 amide bonds. The lowest BCUT2D eigenvalue weighted by Crippen LogP contribution is -2.13. The van der Waals surface area contributed by atoms with Crippen LogP contribution in [0.5, 0.6) is 0 Å². The highest BCUT2D eigenvalue weighted by molar-refractivity contribution is 7.08. The average molecular weight is 307 g/mol. The van der Waals surface area contributed by atoms with E-state index in [1.54, 1.807) is 23.5 Å². The molecule has 2 rings (SSSR count). The van der Waals surface area contributed by atoms with Crippen molar-refractivity contribution in [1.82, 2.24) is 0 Å². The SMILES string of the molecule is NC(=O)c1cc(NC(=O)C=Cc2ccsc2)ccc1Cl. The molecular formula is C14H11ClN2O2S. The zero-order chi connectivity index (χ0) is 14.5. The standard InChI is InChI=1S/C14H11ClN2O2S/c15-12-3-2-10(7-11(12)14(16)19)17-13(18)4-1-9-5-6-20-8-9/h1-8H,(H2,16,19)(H,17,18). The van der Waals surface area contributed by atoms with Gasteiger partial charge in [-0.25, -0.2) is 0 Å². The highest BCUT2D eigenvalue weighted by Crippen LogP contribution is 2.20. The van der Waals surface area contributed by atoms with Crippen molar-refractivity contribution in [3.05, 3.63) is 57.3 Å². The van der Waals surface area contributed by atoms with E-state index in [9.17, 15) is 9.59 Å². The van der Waals surface area contributed by atoms with Gasteiger partial charge in [-0.3, -0.25) is 9.59 Å². The number of nitrogens with two attached hydrogens (primary N) is 1. The Hall–Kier alpha value is -2.11. The summed E-state index contributed by atoms with van der Waals surface area (Å²) in [4.78, 5) is 22.9. The van der Waals surface area contributed by atoms with Gasteiger partial charge in [0.2, 0.25) is 11.8 Å². The van der Waals surface area contributed by atoms with Gasteiger partial charge < -0.3 is 11.1 Å². The maximum Gasteiger partial charge on any atom is 0.250 e. The molecule has 0 saturated carbocycles. The zero-order valence-corrected chi connectivity index (χ0v) is 11.9. The largest absolute Gasteiger partial charge is 0.366 e. The Labute approximate surface area is 124 Å². The van der Waals surface area contributed by atoms with Crippen molar-refractivity contribution in [3.8, 4) is 0 Å². The molecule has 102 valence electrons. The van der Waals surface area contributed by atoms with Gasteiger partial charge in [0.1, 0.15) is 0 Å². The number of carbonyl (C=O) groups is 2. The topological polar surface area (TPSA) is 72.2 Å². The molecule has 0 aliphatic heterocycles. The first kappa shape index (κ1) is 14.3. The minimum atomic E-state index is -0.639. The molecule has 1 heterocycles. The number of primary amides is 1. The zero-order valence-electron chi connectivity index (χ0n) is 10.3. The summed E-state index contributed by atoms with van der Waals surface area (Å²) in [6, 6.07) is 6.47. The second kappa shape index (κ2) is 6.36. The van der Waals surface area contributed by atoms with E-state index in [4.69, 9.17) is 17.3 Å². The lowest BCUT2D eigenvalue weighted by Gasteiger charge is -2.05. The summed E-state index contributed by atoms with van der Waals surface area (Å²) in [6.45, 7) is 0. The maximum absolute atomic E-state index is 11.7. The van der Waals surface area contributed by atoms with Gasteiger partial charge in [-0.05, 0) is 46.7 Å². The number of hydrogen-bond acceptors (Lipinski definition) is 3. The minimum Gasteiger partial charge on any atom is -0.366 e. The normalized spacial score (nSPS) is 10.7. The molecule has 0 fully saturated rings. The van der Waals surface area contributed by atoms with Gasteiger partial charge in [-0.1, -0.05) is 11.6 Å². The fourth-order valence-electron chi connectivity index (χ4n) is 1.52. The number of rotatable bonds is 4. The van der Waals surface area contributed by atoms with Crippen LogP contribution in [-0.2, 0) is 4.79 Å². The van der Waals surface area contributed by atoms with Gasteiger partial charge in [0.05, 0.1) is 10.6 Å². The third kappa shape index (κ3) is 3.69. The number of hydrogen-bond donors (Lipinski definition) is 2. The van der Waals surface area contributed by atoms with E-state index in [2.05, 4.69) is 5.32 Å². The summed E-state index contributed by atoms with van der Waals surface area (Å²) in [5, 5.41) is 6.75. The Morgan fingerprint density at radius 3 is 2.75 bits per heavy atom. The monoisotopic (exact) mass is 306 g/mol. The Kier molecular flexibility index (Phi) is 4.55. The summed E-state index contributed by atoms with van der Waals surface area (Å²) in [5.41, 5.74) is 6.78. The van der Waals surface area contributed by atoms with Crippen LogP contribution in [0, 0.1) is 0 Å². The van der Waals surface area contributed by atoms with Crippen LogP contribution in [0.25, 0.3) is 6.08 Å². The van der Waals surface area contributed by atoms with E-state index < -0.39 is 5.91 Å². The molecule has 0 unspecified atom stereocenters. The van der Waals surface area contributed by atoms with Crippen LogP contribution in [0.15, 0.2) is 41.1 Å². The van der Waals surface area contributed by atoms with Crippen LogP contribution in [0.3, 0.4) is 0 Å². The molecule has 1 aromatic carbocycles. The number of halogens is 1. The summed E-state index contributed by atoms with van der Waals surface area (Å²) in [6.07, 6.45) is 3.12. The molecule has 0 aliphatic carbocycles. The molecule has 20 heavy (non-hydrogen) atoms. The fraction of sp³-hybridized carbons (Fsp3) is 0. The third-order valence-electron chi connectivity index (χ3n) is 2.47. The van der Waals surface area contributed by atoms with Crippen molar-refractivity contribution in [3.63, 3.8) is 0 Å². The molecule has 2 aromatic rings. The predicted octanol–water partition coefficient (Wildman–Crippen LogP) is 3.15. The maximum atomic E-state index is 11.7. The summed E-state index contributed by atoms with van der Waals surface area (Å²) in [7, 11) is 0. The van der Waals surface area contributed by atoms with Gasteiger partial charge >= 0.3 is 0 Å². The highest BCUT2D eigenvalue weighted by Gasteiger charge is 2.08. The second-order valence-corrected chi connectivity index (χ2v) is 5.13. The quantitative estimate of drug-likeness (QED) is 0.852. The van der Waals surface area contributed by atoms with Crippen molar-refractivity contribution in [2.24, 2.45) is 5.73 Å². The first-order valence-corrected chi connectivity index (χ1v) is 6.99. The van der Waals surface area contributed by atoms with Gasteiger partial charge in [-0.2, -0.15) is 11.3 Å². The van der Waals surface area contributed by atoms with E-state index >= 15 is 0 Å². The molecule has 0 spiro atoms. The Morgan fingerprint density at radius 2 is 2.10 bits per heavy atom. The van der Waals surface area contributed by atoms with Crippen LogP contribution in [0.4, 0.5) is 5.69 Å². The summed E-state index contributed by atoms with van der Waals surface area (Å²) < 4.78 is 0. The first-order valence-electron chi connectivity index (χ1n) is 5.67. The Balaban J connectivity index is 2.08. The Bertz CT molecular complexity index is 666. The third-order valence-corrected chi connectivity index (χ3v) is 3.50. The predicted molar refractivity (Wildman–Crippen MR) is 82.0 cm³/mol. The van der Waals surface area contributed by atoms with Gasteiger partial charge in [0.25, 0.3) is 0 Å². The van der Waals surface area contributed by atoms with Crippen LogP contribution in [-0.4, -0.2) is 11.8 Å². The number of amides is 2. The van der Waals surface area contributed by atoms with Gasteiger partial charge in [-0.15, -0.1) is 0 Å². The molecule has 3 N–H and O–H groups in total. The van der Waals surface area contributed by atoms with Gasteiger partial charge in [0.15, 0.2) is 0 Å². The van der Waals surface area contributed by atoms with E-state index in [1.165, 1.54) is 18.2 Å². The van der Waals surface area contributed by atoms with Crippen molar-refractivity contribution in [2.75, 3.05) is 5.32 Å². The summed E-state index contributed by atoms with van der Waals surface area (Å²) >= 11 is 7.38. The molecule has 6 heteroatoms. The van der Waals surface area contributed by atoms with Crippen molar-refractivity contribution < 1.29 is 9.59 Å². The van der Waals surface area contributed by atoms with E-state index in [-0.39, 0.29) is 16.5 Å². The van der Waals surface area contributed by atoms with Crippen LogP contribution >= 0.6 is 22.9 Å². The lowest BCUT2D eigenvalue weighted by atomic mass is 10.2. The van der Waals surface area contributed by atoms with Crippen molar-refractivity contribution in [1.29, 1.82) is 0 Å². The smallest absolute Gasteiger partial charge is 0.250 e. The lowest BCUT2D eigenvalue weighted by molar-refractivity contribution is -0.111. The molecule has 0 aliphatic rings. The van der Waals surface area contributed by atoms with Crippen LogP contribution in [0.1, 0.15) is 15.9 Å². The van der Waals surface area contributed by atoms with Gasteiger partial charge in [0, 0.05) is 11.8 Å². The number of nitrogens with one attached hydrogen (secondary N) is 1. The van der Waals surface area contributed by atoms with Crippen LogP contribution in [0.2, 0.25) is 5.02 Å². The summed E-state index contributed by atoms with van der Waals surface area (Å²) in [5.74, 6) is -0.936. The fourth-order valence-corrected chi connectivity index (χ4v) is 2.36. The molecule has 0 radical (unpaired) electrons. The Morgan fingerprint density at radius 1 is 1.30 bits per heavy atom. The molecule has 4 nitrogen and oxygen atoms in total. The molecular weight excluding hydrogens is 296 g/mol. The van der Waals surface area contributed by atoms with E-state index in [0.29, 0.717) is 5.69 Å². The van der Waals surface area contributed by atoms with Crippen LogP contribution < -0.4 is 11.1 Å². The number of anilines is 1. The second-order valence-electron chi connectivity index (χ2n) is 3.94. The van der Waals surface area contributed by atoms with Crippen molar-refractivity contribution >= 4 is 46.5 Å². The molecule has 0 saturated heterocycles. The highest BCUT2D eigenvalue weighted by atomic mass is 35.5. The van der Waals surface area contributed by atoms with Crippen molar-refractivity contribution in [2.45, 2.75) is 0 Å². The first-order chi connectivity index (χ1) is 9.56. The number of carbonyl (C=O) groups excluding carboxylic acids is 2. The minimum absolute atomic E-state index is 0.172. The average Bonchev–Trinajstić information content (AvgIpc) is 2.91.